The van der Waals surface area contributed by atoms with E-state index in [1.807, 2.05) is 0 Å². The van der Waals surface area contributed by atoms with Gasteiger partial charge in [0.05, 0.1) is 6.10 Å². The van der Waals surface area contributed by atoms with Gasteiger partial charge < -0.3 is 4.90 Å². The van der Waals surface area contributed by atoms with Crippen molar-refractivity contribution in [2.75, 3.05) is 13.1 Å². The van der Waals surface area contributed by atoms with Crippen molar-refractivity contribution in [3.05, 3.63) is 0 Å². The summed E-state index contributed by atoms with van der Waals surface area (Å²) in [6.07, 6.45) is 7.01. The van der Waals surface area contributed by atoms with Crippen LogP contribution in [0.4, 0.5) is 0 Å². The summed E-state index contributed by atoms with van der Waals surface area (Å²) in [5.41, 5.74) is 0. The number of hydrogen-bond acceptors (Lipinski definition) is 1. The molecule has 0 bridgehead atoms. The molecule has 0 amide bonds. The molecule has 14 heavy (non-hydrogen) atoms. The number of nitrogens with zero attached hydrogens (tertiary/aromatic N) is 1. The summed E-state index contributed by atoms with van der Waals surface area (Å²) in [5.74, 6) is 0.934. The summed E-state index contributed by atoms with van der Waals surface area (Å²) in [5, 5.41) is 11.2. The van der Waals surface area contributed by atoms with Gasteiger partial charge in [-0.05, 0) is 44.4 Å². The van der Waals surface area contributed by atoms with Crippen LogP contribution in [0.1, 0.15) is 45.4 Å². The highest BCUT2D eigenvalue weighted by molar-refractivity contribution is 4.81. The van der Waals surface area contributed by atoms with Crippen molar-refractivity contribution >= 4 is 0 Å². The lowest BCUT2D eigenvalue weighted by Gasteiger charge is -2.39. The molecule has 0 unspecified atom stereocenters. The predicted molar refractivity (Wildman–Crippen MR) is 56.7 cm³/mol. The third-order valence-corrected chi connectivity index (χ3v) is 3.98. The van der Waals surface area contributed by atoms with Crippen LogP contribution in [0.3, 0.4) is 0 Å². The van der Waals surface area contributed by atoms with Gasteiger partial charge in [-0.15, -0.1) is 0 Å². The first-order valence-electron chi connectivity index (χ1n) is 6.15. The normalized spacial score (nSPS) is 37.3. The van der Waals surface area contributed by atoms with Gasteiger partial charge in [-0.25, -0.2) is 5.11 Å². The van der Waals surface area contributed by atoms with Crippen molar-refractivity contribution in [1.29, 1.82) is 0 Å². The van der Waals surface area contributed by atoms with Gasteiger partial charge in [-0.2, -0.15) is 0 Å². The molecule has 1 saturated heterocycles. The standard InChI is InChI=1S/C12H22NO/c1-10-2-4-11(5-3-10)13-8-6-12(14)7-9-13/h10-12H,2-9H2,1H3. The number of rotatable bonds is 1. The van der Waals surface area contributed by atoms with E-state index in [9.17, 15) is 5.11 Å². The number of likely N-dealkylation sites (tertiary alicyclic amines) is 1. The molecule has 2 aliphatic rings. The van der Waals surface area contributed by atoms with Crippen LogP contribution in [0.25, 0.3) is 0 Å². The van der Waals surface area contributed by atoms with Crippen molar-refractivity contribution in [2.24, 2.45) is 5.92 Å². The Morgan fingerprint density at radius 3 is 2.07 bits per heavy atom. The highest BCUT2D eigenvalue weighted by Crippen LogP contribution is 2.28. The summed E-state index contributed by atoms with van der Waals surface area (Å²) < 4.78 is 0. The van der Waals surface area contributed by atoms with E-state index in [2.05, 4.69) is 11.8 Å². The minimum absolute atomic E-state index is 0.270. The Balaban J connectivity index is 1.78. The zero-order valence-corrected chi connectivity index (χ0v) is 9.24. The van der Waals surface area contributed by atoms with Gasteiger partial charge in [0.15, 0.2) is 0 Å². The summed E-state index contributed by atoms with van der Waals surface area (Å²) in [6, 6.07) is 0.804. The van der Waals surface area contributed by atoms with Gasteiger partial charge in [0.1, 0.15) is 0 Å². The second-order valence-electron chi connectivity index (χ2n) is 5.15. The number of piperidine rings is 1. The zero-order valence-electron chi connectivity index (χ0n) is 9.24. The maximum Gasteiger partial charge on any atom is 0.0954 e. The molecule has 2 nitrogen and oxygen atoms in total. The molecule has 0 N–H and O–H groups in total. The van der Waals surface area contributed by atoms with Crippen LogP contribution in [0.5, 0.6) is 0 Å². The molecule has 2 rings (SSSR count). The highest BCUT2D eigenvalue weighted by Gasteiger charge is 2.27. The largest absolute Gasteiger partial charge is 0.300 e. The van der Waals surface area contributed by atoms with Crippen LogP contribution in [-0.2, 0) is 5.11 Å². The summed E-state index contributed by atoms with van der Waals surface area (Å²) in [6.45, 7) is 4.49. The first-order valence-corrected chi connectivity index (χ1v) is 6.15. The van der Waals surface area contributed by atoms with Gasteiger partial charge in [-0.3, -0.25) is 0 Å². The fourth-order valence-corrected chi connectivity index (χ4v) is 2.85. The van der Waals surface area contributed by atoms with Crippen molar-refractivity contribution in [1.82, 2.24) is 4.90 Å². The zero-order chi connectivity index (χ0) is 9.97. The Morgan fingerprint density at radius 1 is 0.929 bits per heavy atom. The van der Waals surface area contributed by atoms with Gasteiger partial charge in [0.25, 0.3) is 0 Å². The van der Waals surface area contributed by atoms with E-state index in [4.69, 9.17) is 0 Å². The van der Waals surface area contributed by atoms with E-state index >= 15 is 0 Å². The highest BCUT2D eigenvalue weighted by atomic mass is 16.3. The fourth-order valence-electron chi connectivity index (χ4n) is 2.85. The molecule has 81 valence electrons. The average molecular weight is 196 g/mol. The summed E-state index contributed by atoms with van der Waals surface area (Å²) >= 11 is 0. The van der Waals surface area contributed by atoms with Crippen LogP contribution in [0.2, 0.25) is 0 Å². The SMILES string of the molecule is CC1CCC(N2CCC([O])CC2)CC1. The Morgan fingerprint density at radius 2 is 1.50 bits per heavy atom. The molecule has 0 spiro atoms. The minimum Gasteiger partial charge on any atom is -0.300 e. The van der Waals surface area contributed by atoms with Crippen molar-refractivity contribution < 1.29 is 5.11 Å². The number of hydrogen-bond donors (Lipinski definition) is 0. The third kappa shape index (κ3) is 2.48. The van der Waals surface area contributed by atoms with Crippen LogP contribution >= 0.6 is 0 Å². The molecule has 0 aromatic heterocycles. The van der Waals surface area contributed by atoms with Crippen LogP contribution in [-0.4, -0.2) is 30.1 Å². The van der Waals surface area contributed by atoms with E-state index in [-0.39, 0.29) is 6.10 Å². The smallest absolute Gasteiger partial charge is 0.0954 e. The van der Waals surface area contributed by atoms with E-state index in [0.29, 0.717) is 0 Å². The maximum atomic E-state index is 11.2. The Hall–Kier alpha value is -0.0800. The van der Waals surface area contributed by atoms with Gasteiger partial charge in [0, 0.05) is 19.1 Å². The summed E-state index contributed by atoms with van der Waals surface area (Å²) in [7, 11) is 0. The minimum atomic E-state index is -0.270. The van der Waals surface area contributed by atoms with E-state index in [1.165, 1.54) is 25.7 Å². The van der Waals surface area contributed by atoms with Crippen molar-refractivity contribution in [3.8, 4) is 0 Å². The molecule has 1 aliphatic heterocycles. The lowest BCUT2D eigenvalue weighted by atomic mass is 9.86. The van der Waals surface area contributed by atoms with Gasteiger partial charge in [-0.1, -0.05) is 6.92 Å². The summed E-state index contributed by atoms with van der Waals surface area (Å²) in [4.78, 5) is 2.57. The molecule has 1 heterocycles. The molecule has 0 aromatic carbocycles. The maximum absolute atomic E-state index is 11.2. The Bertz CT molecular complexity index is 147. The third-order valence-electron chi connectivity index (χ3n) is 3.98. The van der Waals surface area contributed by atoms with E-state index < -0.39 is 0 Å². The quantitative estimate of drug-likeness (QED) is 0.632. The fraction of sp³-hybridized carbons (Fsp3) is 1.00. The molecular weight excluding hydrogens is 174 g/mol. The molecule has 1 saturated carbocycles. The Kier molecular flexibility index (Phi) is 3.45. The molecular formula is C12H22NO. The second kappa shape index (κ2) is 4.63. The molecule has 2 fully saturated rings. The van der Waals surface area contributed by atoms with Gasteiger partial charge >= 0.3 is 0 Å². The first kappa shape index (κ1) is 10.4. The molecule has 2 heteroatoms. The van der Waals surface area contributed by atoms with Gasteiger partial charge in [0.2, 0.25) is 0 Å². The molecule has 1 radical (unpaired) electrons. The van der Waals surface area contributed by atoms with Crippen LogP contribution in [0.15, 0.2) is 0 Å². The molecule has 1 aliphatic carbocycles. The average Bonchev–Trinajstić information content (AvgIpc) is 2.21. The van der Waals surface area contributed by atoms with E-state index in [0.717, 1.165) is 37.9 Å². The van der Waals surface area contributed by atoms with Crippen molar-refractivity contribution in [2.45, 2.75) is 57.6 Å². The van der Waals surface area contributed by atoms with Crippen LogP contribution in [0, 0.1) is 5.92 Å². The van der Waals surface area contributed by atoms with E-state index in [1.54, 1.807) is 0 Å². The molecule has 0 atom stereocenters. The monoisotopic (exact) mass is 196 g/mol. The first-order chi connectivity index (χ1) is 6.75. The Labute approximate surface area is 87.3 Å². The predicted octanol–water partition coefficient (Wildman–Crippen LogP) is 2.46. The molecule has 0 aromatic rings. The topological polar surface area (TPSA) is 23.1 Å². The lowest BCUT2D eigenvalue weighted by Crippen LogP contribution is -2.43. The van der Waals surface area contributed by atoms with Crippen molar-refractivity contribution in [3.63, 3.8) is 0 Å². The lowest BCUT2D eigenvalue weighted by molar-refractivity contribution is 0.00745. The second-order valence-corrected chi connectivity index (χ2v) is 5.15. The van der Waals surface area contributed by atoms with Crippen LogP contribution < -0.4 is 0 Å².